The molecule has 4 nitrogen and oxygen atoms in total. The highest BCUT2D eigenvalue weighted by Gasteiger charge is 2.13. The van der Waals surface area contributed by atoms with Gasteiger partial charge in [-0.1, -0.05) is 23.2 Å². The van der Waals surface area contributed by atoms with Gasteiger partial charge in [0.25, 0.3) is 5.56 Å². The highest BCUT2D eigenvalue weighted by atomic mass is 35.5. The van der Waals surface area contributed by atoms with Gasteiger partial charge in [0, 0.05) is 10.0 Å². The summed E-state index contributed by atoms with van der Waals surface area (Å²) in [4.78, 5) is 16.9. The first-order valence-electron chi connectivity index (χ1n) is 5.83. The van der Waals surface area contributed by atoms with Crippen molar-refractivity contribution in [2.24, 2.45) is 0 Å². The second-order valence-electron chi connectivity index (χ2n) is 4.41. The van der Waals surface area contributed by atoms with Gasteiger partial charge in [0.1, 0.15) is 5.58 Å². The maximum Gasteiger partial charge on any atom is 0.310 e. The fraction of sp³-hybridized carbons (Fsp3) is 0. The molecular formula is C14H6Cl2N2O2. The molecule has 2 heterocycles. The number of imidazole rings is 1. The van der Waals surface area contributed by atoms with Gasteiger partial charge in [-0.2, -0.15) is 4.98 Å². The van der Waals surface area contributed by atoms with Crippen LogP contribution in [0.5, 0.6) is 0 Å². The lowest BCUT2D eigenvalue weighted by molar-refractivity contribution is 0.616. The van der Waals surface area contributed by atoms with Crippen molar-refractivity contribution in [2.75, 3.05) is 0 Å². The second-order valence-corrected chi connectivity index (χ2v) is 5.28. The van der Waals surface area contributed by atoms with Crippen LogP contribution in [0.2, 0.25) is 10.0 Å². The Labute approximate surface area is 122 Å². The van der Waals surface area contributed by atoms with Crippen LogP contribution in [0.15, 0.2) is 45.6 Å². The van der Waals surface area contributed by atoms with Gasteiger partial charge in [-0.05, 0) is 36.4 Å². The minimum absolute atomic E-state index is 0.214. The average Bonchev–Trinajstić information content (AvgIpc) is 2.77. The maximum absolute atomic E-state index is 12.6. The zero-order valence-corrected chi connectivity index (χ0v) is 11.4. The van der Waals surface area contributed by atoms with E-state index in [2.05, 4.69) is 4.98 Å². The first kappa shape index (κ1) is 11.8. The van der Waals surface area contributed by atoms with Crippen LogP contribution in [0.25, 0.3) is 27.8 Å². The Kier molecular flexibility index (Phi) is 2.34. The lowest BCUT2D eigenvalue weighted by Crippen LogP contribution is -2.12. The third kappa shape index (κ3) is 1.55. The van der Waals surface area contributed by atoms with Crippen LogP contribution in [-0.4, -0.2) is 9.38 Å². The Morgan fingerprint density at radius 1 is 1.05 bits per heavy atom. The summed E-state index contributed by atoms with van der Waals surface area (Å²) in [5.41, 5.74) is 1.50. The SMILES string of the molecule is O=c1c2cc(Cl)ccc2oc2nc3cc(Cl)ccc3n12. The molecule has 2 aromatic carbocycles. The zero-order chi connectivity index (χ0) is 13.9. The first-order valence-corrected chi connectivity index (χ1v) is 6.59. The largest absolute Gasteiger partial charge is 0.424 e. The van der Waals surface area contributed by atoms with Crippen LogP contribution >= 0.6 is 23.2 Å². The maximum atomic E-state index is 12.6. The van der Waals surface area contributed by atoms with Crippen LogP contribution in [0.3, 0.4) is 0 Å². The molecule has 20 heavy (non-hydrogen) atoms. The summed E-state index contributed by atoms with van der Waals surface area (Å²) >= 11 is 11.9. The molecule has 0 saturated carbocycles. The number of hydrogen-bond donors (Lipinski definition) is 0. The van der Waals surface area contributed by atoms with E-state index in [0.717, 1.165) is 0 Å². The van der Waals surface area contributed by atoms with Crippen LogP contribution < -0.4 is 5.56 Å². The van der Waals surface area contributed by atoms with Crippen molar-refractivity contribution in [1.82, 2.24) is 9.38 Å². The molecule has 4 aromatic rings. The van der Waals surface area contributed by atoms with E-state index in [4.69, 9.17) is 27.6 Å². The smallest absolute Gasteiger partial charge is 0.310 e. The van der Waals surface area contributed by atoms with Crippen molar-refractivity contribution < 1.29 is 4.42 Å². The summed E-state index contributed by atoms with van der Waals surface area (Å²) in [5, 5.41) is 1.46. The Hall–Kier alpha value is -2.04. The van der Waals surface area contributed by atoms with E-state index < -0.39 is 0 Å². The van der Waals surface area contributed by atoms with E-state index in [1.165, 1.54) is 4.40 Å². The van der Waals surface area contributed by atoms with Crippen molar-refractivity contribution in [3.8, 4) is 0 Å². The summed E-state index contributed by atoms with van der Waals surface area (Å²) < 4.78 is 7.08. The summed E-state index contributed by atoms with van der Waals surface area (Å²) in [7, 11) is 0. The van der Waals surface area contributed by atoms with Crippen LogP contribution in [0.1, 0.15) is 0 Å². The number of fused-ring (bicyclic) bond motifs is 4. The van der Waals surface area contributed by atoms with Gasteiger partial charge < -0.3 is 4.42 Å². The summed E-state index contributed by atoms with van der Waals surface area (Å²) in [6.45, 7) is 0. The molecule has 0 bridgehead atoms. The fourth-order valence-corrected chi connectivity index (χ4v) is 2.61. The lowest BCUT2D eigenvalue weighted by atomic mass is 10.2. The number of aromatic nitrogens is 2. The van der Waals surface area contributed by atoms with E-state index in [-0.39, 0.29) is 11.4 Å². The molecule has 2 aromatic heterocycles. The molecule has 0 aliphatic rings. The summed E-state index contributed by atoms with van der Waals surface area (Å²) in [6.07, 6.45) is 0. The lowest BCUT2D eigenvalue weighted by Gasteiger charge is -1.99. The zero-order valence-electron chi connectivity index (χ0n) is 9.93. The number of halogens is 2. The molecule has 0 aliphatic carbocycles. The number of benzene rings is 2. The van der Waals surface area contributed by atoms with Gasteiger partial charge >= 0.3 is 5.84 Å². The predicted octanol–water partition coefficient (Wildman–Crippen LogP) is 3.90. The Balaban J connectivity index is 2.30. The topological polar surface area (TPSA) is 47.5 Å². The molecule has 0 amide bonds. The highest BCUT2D eigenvalue weighted by molar-refractivity contribution is 6.31. The van der Waals surface area contributed by atoms with Gasteiger partial charge in [-0.3, -0.25) is 4.79 Å². The number of rotatable bonds is 0. The molecule has 6 heteroatoms. The molecule has 0 atom stereocenters. The monoisotopic (exact) mass is 304 g/mol. The normalized spacial score (nSPS) is 11.7. The van der Waals surface area contributed by atoms with Crippen LogP contribution in [0, 0.1) is 0 Å². The molecule has 98 valence electrons. The van der Waals surface area contributed by atoms with E-state index in [0.29, 0.717) is 32.0 Å². The van der Waals surface area contributed by atoms with Crippen molar-refractivity contribution in [3.63, 3.8) is 0 Å². The Morgan fingerprint density at radius 3 is 2.65 bits per heavy atom. The average molecular weight is 305 g/mol. The molecule has 0 spiro atoms. The van der Waals surface area contributed by atoms with Crippen LogP contribution in [0.4, 0.5) is 0 Å². The first-order chi connectivity index (χ1) is 9.63. The number of hydrogen-bond acceptors (Lipinski definition) is 3. The van der Waals surface area contributed by atoms with Gasteiger partial charge in [0.15, 0.2) is 0 Å². The minimum Gasteiger partial charge on any atom is -0.424 e. The number of nitrogens with zero attached hydrogens (tertiary/aromatic N) is 2. The molecule has 0 aliphatic heterocycles. The molecule has 0 unspecified atom stereocenters. The van der Waals surface area contributed by atoms with Crippen molar-refractivity contribution in [1.29, 1.82) is 0 Å². The van der Waals surface area contributed by atoms with Gasteiger partial charge in [0.05, 0.1) is 16.4 Å². The summed E-state index contributed by atoms with van der Waals surface area (Å²) in [5.74, 6) is 0.238. The highest BCUT2D eigenvalue weighted by Crippen LogP contribution is 2.23. The Bertz CT molecular complexity index is 1050. The van der Waals surface area contributed by atoms with E-state index in [1.807, 2.05) is 0 Å². The van der Waals surface area contributed by atoms with Gasteiger partial charge in [-0.25, -0.2) is 4.40 Å². The van der Waals surface area contributed by atoms with Gasteiger partial charge in [0.2, 0.25) is 0 Å². The molecular weight excluding hydrogens is 299 g/mol. The quantitative estimate of drug-likeness (QED) is 0.495. The minimum atomic E-state index is -0.214. The van der Waals surface area contributed by atoms with Crippen molar-refractivity contribution in [2.45, 2.75) is 0 Å². The second kappa shape index (κ2) is 3.98. The molecule has 0 N–H and O–H groups in total. The van der Waals surface area contributed by atoms with Crippen molar-refractivity contribution in [3.05, 3.63) is 56.8 Å². The molecule has 0 saturated heterocycles. The third-order valence-electron chi connectivity index (χ3n) is 3.16. The molecule has 0 fully saturated rings. The van der Waals surface area contributed by atoms with E-state index in [1.54, 1.807) is 36.4 Å². The van der Waals surface area contributed by atoms with Crippen molar-refractivity contribution >= 4 is 51.0 Å². The standard InChI is InChI=1S/C14H6Cl2N2O2/c15-7-2-4-12-9(5-7)13(19)18-11-3-1-8(16)6-10(11)17-14(18)20-12/h1-6H. The molecule has 0 radical (unpaired) electrons. The van der Waals surface area contributed by atoms with E-state index >= 15 is 0 Å². The van der Waals surface area contributed by atoms with E-state index in [9.17, 15) is 4.79 Å². The third-order valence-corrected chi connectivity index (χ3v) is 3.63. The van der Waals surface area contributed by atoms with Crippen LogP contribution in [-0.2, 0) is 0 Å². The predicted molar refractivity (Wildman–Crippen MR) is 78.8 cm³/mol. The van der Waals surface area contributed by atoms with Gasteiger partial charge in [-0.15, -0.1) is 0 Å². The molecule has 4 rings (SSSR count). The summed E-state index contributed by atoms with van der Waals surface area (Å²) in [6, 6.07) is 10.1. The Morgan fingerprint density at radius 2 is 1.80 bits per heavy atom. The fourth-order valence-electron chi connectivity index (χ4n) is 2.27.